The first-order valence-corrected chi connectivity index (χ1v) is 5.67. The van der Waals surface area contributed by atoms with E-state index in [-0.39, 0.29) is 0 Å². The summed E-state index contributed by atoms with van der Waals surface area (Å²) >= 11 is 6.19. The predicted molar refractivity (Wildman–Crippen MR) is 70.5 cm³/mol. The second-order valence-corrected chi connectivity index (χ2v) is 4.44. The number of halogens is 1. The van der Waals surface area contributed by atoms with Gasteiger partial charge >= 0.3 is 0 Å². The van der Waals surface area contributed by atoms with Crippen LogP contribution in [0.3, 0.4) is 0 Å². The Morgan fingerprint density at radius 1 is 1.19 bits per heavy atom. The topological polar surface area (TPSA) is 24.9 Å². The van der Waals surface area contributed by atoms with E-state index in [1.165, 1.54) is 11.1 Å². The summed E-state index contributed by atoms with van der Waals surface area (Å²) in [6.07, 6.45) is 0. The Hall–Kier alpha value is -1.28. The van der Waals surface area contributed by atoms with Crippen LogP contribution in [0.5, 0.6) is 0 Å². The third-order valence-electron chi connectivity index (χ3n) is 3.03. The fourth-order valence-electron chi connectivity index (χ4n) is 2.02. The number of hydrogen-bond acceptors (Lipinski definition) is 2. The second kappa shape index (κ2) is 3.95. The zero-order valence-corrected chi connectivity index (χ0v) is 10.7. The minimum atomic E-state index is 0.709. The predicted octanol–water partition coefficient (Wildman–Crippen LogP) is 3.86. The zero-order chi connectivity index (χ0) is 11.9. The fraction of sp³-hybridized carbons (Fsp3) is 0.308. The molecule has 1 N–H and O–H groups in total. The van der Waals surface area contributed by atoms with Crippen molar-refractivity contribution in [3.63, 3.8) is 0 Å². The highest BCUT2D eigenvalue weighted by Crippen LogP contribution is 2.33. The van der Waals surface area contributed by atoms with Gasteiger partial charge in [-0.25, -0.2) is 0 Å². The van der Waals surface area contributed by atoms with Crippen LogP contribution in [0.1, 0.15) is 16.8 Å². The van der Waals surface area contributed by atoms with Crippen molar-refractivity contribution in [2.45, 2.75) is 20.8 Å². The lowest BCUT2D eigenvalue weighted by atomic mass is 10.0. The van der Waals surface area contributed by atoms with Crippen LogP contribution < -0.4 is 5.32 Å². The van der Waals surface area contributed by atoms with Crippen molar-refractivity contribution in [1.29, 1.82) is 0 Å². The maximum Gasteiger partial charge on any atom is 0.0914 e. The number of benzene rings is 1. The first-order valence-electron chi connectivity index (χ1n) is 5.30. The lowest BCUT2D eigenvalue weighted by Crippen LogP contribution is -2.00. The van der Waals surface area contributed by atoms with Crippen LogP contribution in [0.4, 0.5) is 5.69 Å². The molecule has 2 aromatic rings. The Bertz CT molecular complexity index is 562. The van der Waals surface area contributed by atoms with Crippen molar-refractivity contribution in [3.8, 4) is 0 Å². The van der Waals surface area contributed by atoms with E-state index < -0.39 is 0 Å². The Balaban J connectivity index is 3.02. The molecular formula is C13H15ClN2. The van der Waals surface area contributed by atoms with Gasteiger partial charge in [-0.15, -0.1) is 0 Å². The van der Waals surface area contributed by atoms with Gasteiger partial charge in [-0.3, -0.25) is 4.98 Å². The van der Waals surface area contributed by atoms with Crippen LogP contribution in [0.15, 0.2) is 12.1 Å². The maximum absolute atomic E-state index is 6.19. The smallest absolute Gasteiger partial charge is 0.0914 e. The van der Waals surface area contributed by atoms with E-state index in [1.807, 2.05) is 26.1 Å². The quantitative estimate of drug-likeness (QED) is 0.811. The molecular weight excluding hydrogens is 220 g/mol. The normalized spacial score (nSPS) is 10.8. The molecule has 1 heterocycles. The third kappa shape index (κ3) is 1.54. The van der Waals surface area contributed by atoms with Crippen molar-refractivity contribution < 1.29 is 0 Å². The number of hydrogen-bond donors (Lipinski definition) is 1. The molecule has 0 unspecified atom stereocenters. The zero-order valence-electron chi connectivity index (χ0n) is 9.98. The van der Waals surface area contributed by atoms with Gasteiger partial charge in [-0.05, 0) is 38.0 Å². The minimum Gasteiger partial charge on any atom is -0.387 e. The maximum atomic E-state index is 6.19. The van der Waals surface area contributed by atoms with Gasteiger partial charge in [-0.2, -0.15) is 0 Å². The molecule has 0 spiro atoms. The van der Waals surface area contributed by atoms with Crippen LogP contribution in [0.2, 0.25) is 5.02 Å². The largest absolute Gasteiger partial charge is 0.387 e. The fourth-order valence-corrected chi connectivity index (χ4v) is 2.22. The summed E-state index contributed by atoms with van der Waals surface area (Å²) in [5, 5.41) is 5.08. The molecule has 16 heavy (non-hydrogen) atoms. The Kier molecular flexibility index (Phi) is 2.76. The van der Waals surface area contributed by atoms with Crippen molar-refractivity contribution in [2.75, 3.05) is 12.4 Å². The lowest BCUT2D eigenvalue weighted by molar-refractivity contribution is 1.19. The van der Waals surface area contributed by atoms with Gasteiger partial charge in [0, 0.05) is 23.8 Å². The van der Waals surface area contributed by atoms with E-state index in [0.717, 1.165) is 22.3 Å². The number of fused-ring (bicyclic) bond motifs is 1. The van der Waals surface area contributed by atoms with Crippen molar-refractivity contribution >= 4 is 28.2 Å². The molecule has 1 aromatic heterocycles. The first-order chi connectivity index (χ1) is 7.56. The lowest BCUT2D eigenvalue weighted by Gasteiger charge is -2.14. The number of pyridine rings is 1. The van der Waals surface area contributed by atoms with Gasteiger partial charge in [0.25, 0.3) is 0 Å². The molecule has 1 aromatic carbocycles. The number of aryl methyl sites for hydroxylation is 2. The number of aromatic nitrogens is 1. The molecule has 0 aliphatic heterocycles. The highest BCUT2D eigenvalue weighted by atomic mass is 35.5. The van der Waals surface area contributed by atoms with Crippen molar-refractivity contribution in [2.24, 2.45) is 0 Å². The molecule has 2 nitrogen and oxygen atoms in total. The summed E-state index contributed by atoms with van der Waals surface area (Å²) in [4.78, 5) is 4.57. The van der Waals surface area contributed by atoms with Gasteiger partial charge in [0.05, 0.1) is 10.5 Å². The average Bonchev–Trinajstić information content (AvgIpc) is 2.26. The van der Waals surface area contributed by atoms with E-state index in [4.69, 9.17) is 11.6 Å². The standard InChI is InChI=1S/C13H15ClN2/c1-7-5-6-10(14)13-11(7)12(15-4)8(2)9(3)16-13/h5-6H,1-4H3,(H,15,16). The Morgan fingerprint density at radius 3 is 2.50 bits per heavy atom. The van der Waals surface area contributed by atoms with E-state index in [2.05, 4.69) is 24.1 Å². The Labute approximate surface area is 101 Å². The van der Waals surface area contributed by atoms with Crippen LogP contribution in [0.25, 0.3) is 10.9 Å². The first kappa shape index (κ1) is 11.2. The molecule has 2 rings (SSSR count). The summed E-state index contributed by atoms with van der Waals surface area (Å²) in [5.41, 5.74) is 5.40. The molecule has 0 saturated heterocycles. The second-order valence-electron chi connectivity index (χ2n) is 4.04. The molecule has 0 amide bonds. The van der Waals surface area contributed by atoms with E-state index >= 15 is 0 Å². The molecule has 0 atom stereocenters. The highest BCUT2D eigenvalue weighted by molar-refractivity contribution is 6.35. The van der Waals surface area contributed by atoms with E-state index in [9.17, 15) is 0 Å². The van der Waals surface area contributed by atoms with Gasteiger partial charge in [0.15, 0.2) is 0 Å². The van der Waals surface area contributed by atoms with Crippen LogP contribution in [-0.2, 0) is 0 Å². The molecule has 84 valence electrons. The number of anilines is 1. The molecule has 0 fully saturated rings. The molecule has 0 radical (unpaired) electrons. The van der Waals surface area contributed by atoms with Gasteiger partial charge in [0.2, 0.25) is 0 Å². The van der Waals surface area contributed by atoms with Crippen LogP contribution in [-0.4, -0.2) is 12.0 Å². The molecule has 3 heteroatoms. The number of nitrogens with zero attached hydrogens (tertiary/aromatic N) is 1. The van der Waals surface area contributed by atoms with Crippen molar-refractivity contribution in [1.82, 2.24) is 4.98 Å². The number of nitrogens with one attached hydrogen (secondary N) is 1. The van der Waals surface area contributed by atoms with Crippen LogP contribution in [0, 0.1) is 20.8 Å². The number of rotatable bonds is 1. The summed E-state index contributed by atoms with van der Waals surface area (Å²) in [6.45, 7) is 6.16. The minimum absolute atomic E-state index is 0.709. The monoisotopic (exact) mass is 234 g/mol. The van der Waals surface area contributed by atoms with Crippen LogP contribution >= 0.6 is 11.6 Å². The van der Waals surface area contributed by atoms with Gasteiger partial charge in [0.1, 0.15) is 0 Å². The molecule has 0 saturated carbocycles. The third-order valence-corrected chi connectivity index (χ3v) is 3.34. The summed E-state index contributed by atoms with van der Waals surface area (Å²) in [7, 11) is 1.93. The van der Waals surface area contributed by atoms with E-state index in [1.54, 1.807) is 0 Å². The molecule has 0 bridgehead atoms. The SMILES string of the molecule is CNc1c(C)c(C)nc2c(Cl)ccc(C)c12. The summed E-state index contributed by atoms with van der Waals surface area (Å²) < 4.78 is 0. The summed E-state index contributed by atoms with van der Waals surface area (Å²) in [5.74, 6) is 0. The summed E-state index contributed by atoms with van der Waals surface area (Å²) in [6, 6.07) is 3.93. The van der Waals surface area contributed by atoms with Gasteiger partial charge < -0.3 is 5.32 Å². The van der Waals surface area contributed by atoms with Crippen molar-refractivity contribution in [3.05, 3.63) is 34.0 Å². The molecule has 0 aliphatic carbocycles. The Morgan fingerprint density at radius 2 is 1.88 bits per heavy atom. The van der Waals surface area contributed by atoms with Gasteiger partial charge in [-0.1, -0.05) is 17.7 Å². The average molecular weight is 235 g/mol. The molecule has 0 aliphatic rings. The van der Waals surface area contributed by atoms with E-state index in [0.29, 0.717) is 5.02 Å². The highest BCUT2D eigenvalue weighted by Gasteiger charge is 2.12.